The quantitative estimate of drug-likeness (QED) is 0.0121. The molecule has 0 bridgehead atoms. The van der Waals surface area contributed by atoms with Crippen molar-refractivity contribution in [1.82, 2.24) is 21.3 Å². The molecular formula is C86H164N4O20P2. The van der Waals surface area contributed by atoms with Crippen molar-refractivity contribution >= 4 is 51.2 Å². The number of phosphoric ester groups is 2. The van der Waals surface area contributed by atoms with Crippen LogP contribution in [0.1, 0.15) is 388 Å². The van der Waals surface area contributed by atoms with Crippen molar-refractivity contribution in [3.63, 3.8) is 0 Å². The normalized spacial score (nSPS) is 14.5. The number of ether oxygens (including phenoxy) is 4. The Kier molecular flexibility index (Phi) is 76.0. The fourth-order valence-corrected chi connectivity index (χ4v) is 14.3. The van der Waals surface area contributed by atoms with Crippen LogP contribution in [0.2, 0.25) is 0 Å². The van der Waals surface area contributed by atoms with Gasteiger partial charge in [-0.25, -0.2) is 9.13 Å². The maximum absolute atomic E-state index is 13.8. The van der Waals surface area contributed by atoms with Crippen LogP contribution in [0.4, 0.5) is 0 Å². The number of esters is 2. The van der Waals surface area contributed by atoms with Crippen molar-refractivity contribution in [2.45, 2.75) is 425 Å². The predicted octanol–water partition coefficient (Wildman–Crippen LogP) is 19.3. The van der Waals surface area contributed by atoms with E-state index in [-0.39, 0.29) is 90.0 Å². The van der Waals surface area contributed by atoms with Gasteiger partial charge in [-0.15, -0.1) is 0 Å². The van der Waals surface area contributed by atoms with Crippen LogP contribution in [-0.4, -0.2) is 158 Å². The smallest absolute Gasteiger partial charge is 0.462 e. The maximum atomic E-state index is 13.8. The lowest BCUT2D eigenvalue weighted by Gasteiger charge is -2.23. The van der Waals surface area contributed by atoms with E-state index in [4.69, 9.17) is 37.0 Å². The number of nitrogens with one attached hydrogen (secondary N) is 4. The van der Waals surface area contributed by atoms with Gasteiger partial charge in [0.05, 0.1) is 76.8 Å². The van der Waals surface area contributed by atoms with Gasteiger partial charge in [-0.05, 0) is 103 Å². The lowest BCUT2D eigenvalue weighted by molar-refractivity contribution is -0.152. The van der Waals surface area contributed by atoms with Gasteiger partial charge in [0.1, 0.15) is 12.2 Å². The second-order valence-electron chi connectivity index (χ2n) is 30.7. The summed E-state index contributed by atoms with van der Waals surface area (Å²) in [6, 6.07) is -1.89. The average molecular weight is 1640 g/mol. The summed E-state index contributed by atoms with van der Waals surface area (Å²) in [5, 5.41) is 32.0. The number of amides is 4. The zero-order chi connectivity index (χ0) is 82.5. The minimum absolute atomic E-state index is 0.133. The Morgan fingerprint density at radius 1 is 0.321 bits per heavy atom. The van der Waals surface area contributed by atoms with E-state index in [1.54, 1.807) is 0 Å². The van der Waals surface area contributed by atoms with Crippen LogP contribution in [-0.2, 0) is 74.9 Å². The summed E-state index contributed by atoms with van der Waals surface area (Å²) in [7, 11) is -9.57. The molecule has 0 aliphatic heterocycles. The number of hydrogen-bond donors (Lipinski definition) is 8. The van der Waals surface area contributed by atoms with Crippen LogP contribution in [0.5, 0.6) is 0 Å². The molecule has 0 heterocycles. The maximum Gasteiger partial charge on any atom is 0.472 e. The molecule has 26 heteroatoms. The Hall–Kier alpha value is -3.64. The molecule has 0 aliphatic rings. The van der Waals surface area contributed by atoms with Crippen molar-refractivity contribution in [3.05, 3.63) is 24.3 Å². The fourth-order valence-electron chi connectivity index (χ4n) is 12.8. The molecule has 0 spiro atoms. The average Bonchev–Trinajstić information content (AvgIpc) is 0.855. The number of aliphatic hydroxyl groups is 2. The Labute approximate surface area is 679 Å². The van der Waals surface area contributed by atoms with Crippen molar-refractivity contribution in [1.29, 1.82) is 0 Å². The first-order valence-corrected chi connectivity index (χ1v) is 47.8. The van der Waals surface area contributed by atoms with E-state index in [9.17, 15) is 57.9 Å². The highest BCUT2D eigenvalue weighted by atomic mass is 31.2. The van der Waals surface area contributed by atoms with E-state index in [1.165, 1.54) is 103 Å². The van der Waals surface area contributed by atoms with E-state index in [0.717, 1.165) is 154 Å². The summed E-state index contributed by atoms with van der Waals surface area (Å²) in [5.74, 6) is -2.86. The first-order chi connectivity index (χ1) is 54.2. The standard InChI is InChI=1S/C86H164N4O20P2/c1-7-13-19-25-29-33-37-43-49-55-79(109-85(97)57-51-45-39-35-31-27-21-15-9-3)69-83(95)89-75(71-103-65-61-77(91)53-47-41-23-17-11-5)73-107-111(99,100)105-67-63-87-81(93)59-60-82(94)88-64-68-106-112(101,102)108-74-76(72-104-66-62-78(92)54-48-42-24-18-12-6)90-84(96)70-80(56-50-44-38-34-30-26-20-14-8-2)110-86(98)58-52-46-40-36-32-28-22-16-10-4/h35-36,39-40,75-80,91-92H,7-34,37-38,41-74H2,1-6H3,(H,87,93)(H,88,94)(H,89,95)(H,90,96)(H,99,100)(H,101,102)/b39-35-,40-36-. The number of phosphoric acid groups is 2. The summed E-state index contributed by atoms with van der Waals surface area (Å²) in [4.78, 5) is 101. The molecule has 0 saturated carbocycles. The molecular weight excluding hydrogens is 1470 g/mol. The lowest BCUT2D eigenvalue weighted by Crippen LogP contribution is -2.43. The Morgan fingerprint density at radius 2 is 0.607 bits per heavy atom. The minimum Gasteiger partial charge on any atom is -0.462 e. The molecule has 0 rings (SSSR count). The molecule has 0 aromatic rings. The largest absolute Gasteiger partial charge is 0.472 e. The van der Waals surface area contributed by atoms with E-state index in [2.05, 4.69) is 87.1 Å². The zero-order valence-corrected chi connectivity index (χ0v) is 73.0. The number of aliphatic hydroxyl groups excluding tert-OH is 2. The van der Waals surface area contributed by atoms with Crippen molar-refractivity contribution < 1.29 is 94.9 Å². The van der Waals surface area contributed by atoms with E-state index in [0.29, 0.717) is 51.4 Å². The second kappa shape index (κ2) is 78.5. The summed E-state index contributed by atoms with van der Waals surface area (Å²) in [6.07, 6.45) is 53.2. The van der Waals surface area contributed by atoms with Crippen molar-refractivity contribution in [2.75, 3.05) is 65.9 Å². The molecule has 0 fully saturated rings. The lowest BCUT2D eigenvalue weighted by atomic mass is 10.0. The number of unbranched alkanes of at least 4 members (excludes halogenated alkanes) is 34. The van der Waals surface area contributed by atoms with Gasteiger partial charge in [-0.2, -0.15) is 0 Å². The second-order valence-corrected chi connectivity index (χ2v) is 33.6. The van der Waals surface area contributed by atoms with Crippen molar-refractivity contribution in [3.8, 4) is 0 Å². The molecule has 0 aromatic heterocycles. The molecule has 8 atom stereocenters. The molecule has 24 nitrogen and oxygen atoms in total. The monoisotopic (exact) mass is 1640 g/mol. The topological polar surface area (TPSA) is 339 Å². The number of rotatable bonds is 85. The van der Waals surface area contributed by atoms with Crippen LogP contribution < -0.4 is 21.3 Å². The predicted molar refractivity (Wildman–Crippen MR) is 448 cm³/mol. The molecule has 4 amide bonds. The molecule has 112 heavy (non-hydrogen) atoms. The SMILES string of the molecule is CCCCCC/C=C\CCCC(=O)OC(CCCCCCCCCCC)CC(=O)NC(COCCC(O)CCCCCCC)COP(=O)(O)OCCNC(=O)CCC(=O)NCCOP(=O)(O)OCC(COCCC(O)CCCCCCC)NC(=O)CC(CCCCCCCCCCC)OC(=O)CCC/C=C\CCCCCC. The van der Waals surface area contributed by atoms with E-state index in [1.807, 2.05) is 0 Å². The third kappa shape index (κ3) is 75.1. The molecule has 8 unspecified atom stereocenters. The van der Waals surface area contributed by atoms with Crippen LogP contribution in [0, 0.1) is 0 Å². The summed E-state index contributed by atoms with van der Waals surface area (Å²) in [6.45, 7) is 10.7. The summed E-state index contributed by atoms with van der Waals surface area (Å²) in [5.41, 5.74) is 0. The van der Waals surface area contributed by atoms with Crippen LogP contribution in [0.25, 0.3) is 0 Å². The van der Waals surface area contributed by atoms with Gasteiger partial charge in [0.25, 0.3) is 0 Å². The van der Waals surface area contributed by atoms with Gasteiger partial charge >= 0.3 is 27.6 Å². The first kappa shape index (κ1) is 108. The molecule has 0 aliphatic carbocycles. The third-order valence-corrected chi connectivity index (χ3v) is 21.6. The number of allylic oxidation sites excluding steroid dienone is 4. The zero-order valence-electron chi connectivity index (χ0n) is 71.2. The third-order valence-electron chi connectivity index (χ3n) is 19.6. The number of hydrogen-bond acceptors (Lipinski definition) is 18. The Morgan fingerprint density at radius 3 is 0.929 bits per heavy atom. The highest BCUT2D eigenvalue weighted by Gasteiger charge is 2.29. The molecule has 658 valence electrons. The van der Waals surface area contributed by atoms with E-state index < -0.39 is 102 Å². The Bertz CT molecular complexity index is 2250. The van der Waals surface area contributed by atoms with Gasteiger partial charge in [-0.3, -0.25) is 46.9 Å². The fraction of sp³-hybridized carbons (Fsp3) is 0.884. The molecule has 0 radical (unpaired) electrons. The van der Waals surface area contributed by atoms with Crippen LogP contribution in [0.3, 0.4) is 0 Å². The van der Waals surface area contributed by atoms with Gasteiger partial charge in [0.2, 0.25) is 23.6 Å². The molecule has 8 N–H and O–H groups in total. The van der Waals surface area contributed by atoms with Gasteiger partial charge in [0, 0.05) is 52.0 Å². The highest BCUT2D eigenvalue weighted by molar-refractivity contribution is 7.47. The highest BCUT2D eigenvalue weighted by Crippen LogP contribution is 2.44. The summed E-state index contributed by atoms with van der Waals surface area (Å²) >= 11 is 0. The van der Waals surface area contributed by atoms with E-state index >= 15 is 0 Å². The van der Waals surface area contributed by atoms with Crippen LogP contribution >= 0.6 is 15.6 Å². The van der Waals surface area contributed by atoms with Gasteiger partial charge < -0.3 is 60.2 Å². The Balaban J connectivity index is 5.71. The van der Waals surface area contributed by atoms with Gasteiger partial charge in [-0.1, -0.05) is 271 Å². The first-order valence-electron chi connectivity index (χ1n) is 44.8. The summed E-state index contributed by atoms with van der Waals surface area (Å²) < 4.78 is 71.1. The number of carbonyl (C=O) groups excluding carboxylic acids is 6. The van der Waals surface area contributed by atoms with Crippen LogP contribution in [0.15, 0.2) is 24.3 Å². The van der Waals surface area contributed by atoms with Crippen molar-refractivity contribution in [2.24, 2.45) is 0 Å². The van der Waals surface area contributed by atoms with Gasteiger partial charge in [0.15, 0.2) is 0 Å². The molecule has 0 aromatic carbocycles. The molecule has 0 saturated heterocycles. The number of carbonyl (C=O) groups is 6. The minimum atomic E-state index is -4.78.